The predicted octanol–water partition coefficient (Wildman–Crippen LogP) is 2.62. The number of carbonyl (C=O) groups is 2. The van der Waals surface area contributed by atoms with Gasteiger partial charge in [0.1, 0.15) is 13.2 Å². The van der Waals surface area contributed by atoms with Crippen LogP contribution in [0.4, 0.5) is 9.93 Å². The number of aromatic nitrogens is 1. The SMILES string of the molecule is Cc1nc(NC(=O)CNC(=O)OCc2ccccc2)sc1C. The predicted molar refractivity (Wildman–Crippen MR) is 84.8 cm³/mol. The van der Waals surface area contributed by atoms with Crippen molar-refractivity contribution < 1.29 is 14.3 Å². The molecule has 22 heavy (non-hydrogen) atoms. The Kier molecular flexibility index (Phi) is 5.48. The number of aryl methyl sites for hydroxylation is 2. The Hall–Kier alpha value is -2.41. The van der Waals surface area contributed by atoms with Gasteiger partial charge in [0.15, 0.2) is 5.13 Å². The molecule has 6 nitrogen and oxygen atoms in total. The average molecular weight is 319 g/mol. The summed E-state index contributed by atoms with van der Waals surface area (Å²) in [6.07, 6.45) is -0.634. The van der Waals surface area contributed by atoms with E-state index in [1.165, 1.54) is 11.3 Å². The number of thiazole rings is 1. The minimum Gasteiger partial charge on any atom is -0.445 e. The van der Waals surface area contributed by atoms with E-state index in [2.05, 4.69) is 15.6 Å². The van der Waals surface area contributed by atoms with Crippen LogP contribution in [-0.2, 0) is 16.1 Å². The summed E-state index contributed by atoms with van der Waals surface area (Å²) < 4.78 is 5.01. The Morgan fingerprint density at radius 3 is 2.59 bits per heavy atom. The second-order valence-corrected chi connectivity index (χ2v) is 5.83. The number of alkyl carbamates (subject to hydrolysis) is 1. The lowest BCUT2D eigenvalue weighted by atomic mass is 10.2. The molecule has 0 saturated heterocycles. The summed E-state index contributed by atoms with van der Waals surface area (Å²) in [5.74, 6) is -0.342. The fraction of sp³-hybridized carbons (Fsp3) is 0.267. The first-order valence-electron chi connectivity index (χ1n) is 6.73. The van der Waals surface area contributed by atoms with Crippen molar-refractivity contribution in [3.8, 4) is 0 Å². The van der Waals surface area contributed by atoms with Crippen LogP contribution in [0.3, 0.4) is 0 Å². The van der Waals surface area contributed by atoms with Crippen LogP contribution in [0.2, 0.25) is 0 Å². The van der Waals surface area contributed by atoms with Crippen LogP contribution in [0.25, 0.3) is 0 Å². The number of hydrogen-bond donors (Lipinski definition) is 2. The van der Waals surface area contributed by atoms with E-state index in [1.54, 1.807) is 0 Å². The molecule has 2 N–H and O–H groups in total. The molecule has 0 aliphatic carbocycles. The van der Waals surface area contributed by atoms with Crippen molar-refractivity contribution in [2.24, 2.45) is 0 Å². The Bertz CT molecular complexity index is 636. The molecule has 1 aromatic heterocycles. The largest absolute Gasteiger partial charge is 0.445 e. The molecule has 0 bridgehead atoms. The maximum Gasteiger partial charge on any atom is 0.407 e. The maximum absolute atomic E-state index is 11.7. The summed E-state index contributed by atoms with van der Waals surface area (Å²) >= 11 is 1.40. The van der Waals surface area contributed by atoms with Gasteiger partial charge >= 0.3 is 6.09 Å². The first-order valence-corrected chi connectivity index (χ1v) is 7.54. The first kappa shape index (κ1) is 16.0. The molecular weight excluding hydrogens is 302 g/mol. The van der Waals surface area contributed by atoms with Crippen LogP contribution in [-0.4, -0.2) is 23.5 Å². The normalized spacial score (nSPS) is 10.1. The van der Waals surface area contributed by atoms with Crippen LogP contribution in [0, 0.1) is 13.8 Å². The summed E-state index contributed by atoms with van der Waals surface area (Å²) in [5.41, 5.74) is 1.77. The second-order valence-electron chi connectivity index (χ2n) is 4.62. The van der Waals surface area contributed by atoms with Crippen molar-refractivity contribution in [1.29, 1.82) is 0 Å². The van der Waals surface area contributed by atoms with Crippen LogP contribution in [0.15, 0.2) is 30.3 Å². The third-order valence-corrected chi connectivity index (χ3v) is 3.87. The highest BCUT2D eigenvalue weighted by atomic mass is 32.1. The van der Waals surface area contributed by atoms with Crippen molar-refractivity contribution >= 4 is 28.5 Å². The maximum atomic E-state index is 11.7. The molecule has 0 aliphatic heterocycles. The van der Waals surface area contributed by atoms with Crippen LogP contribution in [0.1, 0.15) is 16.1 Å². The monoisotopic (exact) mass is 319 g/mol. The third kappa shape index (κ3) is 4.85. The molecule has 1 aromatic carbocycles. The Balaban J connectivity index is 1.70. The van der Waals surface area contributed by atoms with Crippen LogP contribution < -0.4 is 10.6 Å². The lowest BCUT2D eigenvalue weighted by Gasteiger charge is -2.06. The average Bonchev–Trinajstić information content (AvgIpc) is 2.82. The topological polar surface area (TPSA) is 80.3 Å². The number of anilines is 1. The third-order valence-electron chi connectivity index (χ3n) is 2.88. The zero-order chi connectivity index (χ0) is 15.9. The zero-order valence-corrected chi connectivity index (χ0v) is 13.2. The molecule has 0 radical (unpaired) electrons. The summed E-state index contributed by atoms with van der Waals surface area (Å²) in [5, 5.41) is 5.56. The molecule has 0 aliphatic rings. The highest BCUT2D eigenvalue weighted by Gasteiger charge is 2.10. The Morgan fingerprint density at radius 1 is 1.23 bits per heavy atom. The minimum atomic E-state index is -0.634. The van der Waals surface area contributed by atoms with Crippen molar-refractivity contribution in [2.45, 2.75) is 20.5 Å². The summed E-state index contributed by atoms with van der Waals surface area (Å²) in [4.78, 5) is 28.4. The fourth-order valence-corrected chi connectivity index (χ4v) is 2.45. The number of carbonyl (C=O) groups excluding carboxylic acids is 2. The standard InChI is InChI=1S/C15H17N3O3S/c1-10-11(2)22-14(17-10)18-13(19)8-16-15(20)21-9-12-6-4-3-5-7-12/h3-7H,8-9H2,1-2H3,(H,16,20)(H,17,18,19). The number of amides is 2. The smallest absolute Gasteiger partial charge is 0.407 e. The van der Waals surface area contributed by atoms with E-state index in [1.807, 2.05) is 44.2 Å². The van der Waals surface area contributed by atoms with Gasteiger partial charge in [0, 0.05) is 4.88 Å². The van der Waals surface area contributed by atoms with Crippen molar-refractivity contribution in [3.63, 3.8) is 0 Å². The van der Waals surface area contributed by atoms with E-state index < -0.39 is 6.09 Å². The van der Waals surface area contributed by atoms with Gasteiger partial charge in [0.25, 0.3) is 0 Å². The minimum absolute atomic E-state index is 0.161. The number of hydrogen-bond acceptors (Lipinski definition) is 5. The first-order chi connectivity index (χ1) is 10.5. The molecule has 0 spiro atoms. The molecule has 0 unspecified atom stereocenters. The number of ether oxygens (including phenoxy) is 1. The summed E-state index contributed by atoms with van der Waals surface area (Å²) in [7, 11) is 0. The van der Waals surface area contributed by atoms with E-state index >= 15 is 0 Å². The molecule has 2 amide bonds. The number of benzene rings is 1. The van der Waals surface area contributed by atoms with Gasteiger partial charge in [-0.1, -0.05) is 30.3 Å². The van der Waals surface area contributed by atoms with Gasteiger partial charge < -0.3 is 15.4 Å². The van der Waals surface area contributed by atoms with Gasteiger partial charge in [0.05, 0.1) is 5.69 Å². The van der Waals surface area contributed by atoms with E-state index in [4.69, 9.17) is 4.74 Å². The van der Waals surface area contributed by atoms with E-state index in [0.29, 0.717) is 5.13 Å². The van der Waals surface area contributed by atoms with Crippen LogP contribution in [0.5, 0.6) is 0 Å². The van der Waals surface area contributed by atoms with Gasteiger partial charge in [0.2, 0.25) is 5.91 Å². The Labute approximate surface area is 132 Å². The molecule has 2 rings (SSSR count). The summed E-state index contributed by atoms with van der Waals surface area (Å²) in [6.45, 7) is 3.81. The van der Waals surface area contributed by atoms with E-state index in [-0.39, 0.29) is 19.1 Å². The molecule has 2 aromatic rings. The number of nitrogens with zero attached hydrogens (tertiary/aromatic N) is 1. The van der Waals surface area contributed by atoms with Crippen LogP contribution >= 0.6 is 11.3 Å². The fourth-order valence-electron chi connectivity index (χ4n) is 1.62. The molecule has 0 saturated carbocycles. The molecule has 116 valence electrons. The van der Waals surface area contributed by atoms with Crippen molar-refractivity contribution in [2.75, 3.05) is 11.9 Å². The van der Waals surface area contributed by atoms with E-state index in [0.717, 1.165) is 16.1 Å². The van der Waals surface area contributed by atoms with Crippen molar-refractivity contribution in [1.82, 2.24) is 10.3 Å². The Morgan fingerprint density at radius 2 is 1.95 bits per heavy atom. The quantitative estimate of drug-likeness (QED) is 0.888. The number of rotatable bonds is 5. The van der Waals surface area contributed by atoms with Gasteiger partial charge in [-0.05, 0) is 19.4 Å². The van der Waals surface area contributed by atoms with Crippen molar-refractivity contribution in [3.05, 3.63) is 46.5 Å². The van der Waals surface area contributed by atoms with Gasteiger partial charge in [-0.3, -0.25) is 4.79 Å². The molecular formula is C15H17N3O3S. The summed E-state index contributed by atoms with van der Waals surface area (Å²) in [6, 6.07) is 9.32. The van der Waals surface area contributed by atoms with E-state index in [9.17, 15) is 9.59 Å². The van der Waals surface area contributed by atoms with Gasteiger partial charge in [-0.2, -0.15) is 0 Å². The zero-order valence-electron chi connectivity index (χ0n) is 12.4. The molecule has 1 heterocycles. The lowest BCUT2D eigenvalue weighted by molar-refractivity contribution is -0.115. The molecule has 0 fully saturated rings. The van der Waals surface area contributed by atoms with Gasteiger partial charge in [-0.15, -0.1) is 11.3 Å². The van der Waals surface area contributed by atoms with Gasteiger partial charge in [-0.25, -0.2) is 9.78 Å². The highest BCUT2D eigenvalue weighted by Crippen LogP contribution is 2.20. The molecule has 0 atom stereocenters. The lowest BCUT2D eigenvalue weighted by Crippen LogP contribution is -2.33. The molecule has 7 heteroatoms. The number of nitrogens with one attached hydrogen (secondary N) is 2. The highest BCUT2D eigenvalue weighted by molar-refractivity contribution is 7.15. The second kappa shape index (κ2) is 7.56.